The third-order valence-corrected chi connectivity index (χ3v) is 7.73. The second-order valence-corrected chi connectivity index (χ2v) is 10.2. The molecule has 3 N–H and O–H groups in total. The summed E-state index contributed by atoms with van der Waals surface area (Å²) in [7, 11) is 0. The number of nitrogens with zero attached hydrogens (tertiary/aromatic N) is 7. The highest BCUT2D eigenvalue weighted by molar-refractivity contribution is 6.02. The number of piperidine rings is 1. The zero-order chi connectivity index (χ0) is 24.4. The maximum absolute atomic E-state index is 12.2. The van der Waals surface area contributed by atoms with Gasteiger partial charge in [0.25, 0.3) is 0 Å². The summed E-state index contributed by atoms with van der Waals surface area (Å²) in [6.07, 6.45) is 1.85. The van der Waals surface area contributed by atoms with Crippen LogP contribution in [0, 0.1) is 24.7 Å². The van der Waals surface area contributed by atoms with Crippen molar-refractivity contribution in [1.82, 2.24) is 39.6 Å². The number of amides is 1. The molecule has 1 aliphatic heterocycles. The molecule has 2 fully saturated rings. The Hall–Kier alpha value is -3.53. The summed E-state index contributed by atoms with van der Waals surface area (Å²) in [4.78, 5) is 19.5. The van der Waals surface area contributed by atoms with E-state index in [4.69, 9.17) is 15.8 Å². The minimum atomic E-state index is -0.479. The van der Waals surface area contributed by atoms with Crippen LogP contribution in [0.4, 0.5) is 0 Å². The van der Waals surface area contributed by atoms with Gasteiger partial charge in [-0.25, -0.2) is 4.98 Å². The number of aromatic amines is 1. The SMILES string of the molecule is CCn1nc(C)cc1-c1nc(-c2cc(C(N)=O)cc3c2cnn3CC2C3CN(C(C)C)C[C@@H]32)n[nH]1. The third-order valence-electron chi connectivity index (χ3n) is 7.73. The van der Waals surface area contributed by atoms with Crippen molar-refractivity contribution in [3.8, 4) is 22.9 Å². The molecule has 2 aliphatic rings. The van der Waals surface area contributed by atoms with E-state index in [9.17, 15) is 4.79 Å². The number of aromatic nitrogens is 7. The van der Waals surface area contributed by atoms with E-state index in [2.05, 4.69) is 34.0 Å². The molecular formula is C25H31N9O. The molecular weight excluding hydrogens is 442 g/mol. The summed E-state index contributed by atoms with van der Waals surface area (Å²) in [5.74, 6) is 2.75. The highest BCUT2D eigenvalue weighted by atomic mass is 16.1. The number of H-pyrrole nitrogens is 1. The lowest BCUT2D eigenvalue weighted by atomic mass is 10.0. The number of fused-ring (bicyclic) bond motifs is 2. The smallest absolute Gasteiger partial charge is 0.248 e. The summed E-state index contributed by atoms with van der Waals surface area (Å²) in [5.41, 5.74) is 9.56. The van der Waals surface area contributed by atoms with Crippen LogP contribution in [0.3, 0.4) is 0 Å². The molecule has 1 saturated carbocycles. The van der Waals surface area contributed by atoms with Gasteiger partial charge in [-0.2, -0.15) is 15.3 Å². The topological polar surface area (TPSA) is 124 Å². The molecule has 182 valence electrons. The molecule has 0 bridgehead atoms. The first-order valence-electron chi connectivity index (χ1n) is 12.3. The van der Waals surface area contributed by atoms with Crippen molar-refractivity contribution in [2.75, 3.05) is 13.1 Å². The number of hydrogen-bond donors (Lipinski definition) is 2. The van der Waals surface area contributed by atoms with Crippen LogP contribution in [0.5, 0.6) is 0 Å². The first-order valence-corrected chi connectivity index (χ1v) is 12.3. The van der Waals surface area contributed by atoms with Crippen LogP contribution in [0.25, 0.3) is 33.8 Å². The maximum Gasteiger partial charge on any atom is 0.248 e. The lowest BCUT2D eigenvalue weighted by Gasteiger charge is -2.23. The van der Waals surface area contributed by atoms with E-state index in [0.717, 1.165) is 65.9 Å². The molecule has 4 heterocycles. The lowest BCUT2D eigenvalue weighted by Crippen LogP contribution is -2.31. The number of nitrogens with one attached hydrogen (secondary N) is 1. The Morgan fingerprint density at radius 1 is 1.20 bits per heavy atom. The zero-order valence-corrected chi connectivity index (χ0v) is 20.6. The normalized spacial score (nSPS) is 21.8. The molecule has 10 heteroatoms. The van der Waals surface area contributed by atoms with Gasteiger partial charge in [0.05, 0.1) is 17.4 Å². The van der Waals surface area contributed by atoms with Gasteiger partial charge in [-0.05, 0) is 63.6 Å². The molecule has 35 heavy (non-hydrogen) atoms. The van der Waals surface area contributed by atoms with E-state index >= 15 is 0 Å². The summed E-state index contributed by atoms with van der Waals surface area (Å²) in [6, 6.07) is 6.18. The average molecular weight is 474 g/mol. The molecule has 6 rings (SSSR count). The largest absolute Gasteiger partial charge is 0.366 e. The minimum absolute atomic E-state index is 0.428. The average Bonchev–Trinajstić information content (AvgIpc) is 3.41. The molecule has 4 aromatic rings. The molecule has 1 aliphatic carbocycles. The van der Waals surface area contributed by atoms with Crippen molar-refractivity contribution < 1.29 is 4.79 Å². The van der Waals surface area contributed by atoms with Gasteiger partial charge in [-0.3, -0.25) is 19.3 Å². The molecule has 10 nitrogen and oxygen atoms in total. The van der Waals surface area contributed by atoms with Crippen LogP contribution in [0.15, 0.2) is 24.4 Å². The molecule has 3 aromatic heterocycles. The van der Waals surface area contributed by atoms with E-state index in [-0.39, 0.29) is 0 Å². The number of carbonyl (C=O) groups excluding carboxylic acids is 1. The maximum atomic E-state index is 12.2. The van der Waals surface area contributed by atoms with E-state index in [1.807, 2.05) is 41.5 Å². The zero-order valence-electron chi connectivity index (χ0n) is 20.6. The number of rotatable bonds is 7. The van der Waals surface area contributed by atoms with Crippen molar-refractivity contribution in [3.63, 3.8) is 0 Å². The number of aryl methyl sites for hydroxylation is 2. The van der Waals surface area contributed by atoms with Crippen LogP contribution < -0.4 is 5.73 Å². The summed E-state index contributed by atoms with van der Waals surface area (Å²) >= 11 is 0. The van der Waals surface area contributed by atoms with Crippen molar-refractivity contribution >= 4 is 16.8 Å². The Balaban J connectivity index is 1.34. The Morgan fingerprint density at radius 3 is 2.66 bits per heavy atom. The fourth-order valence-electron chi connectivity index (χ4n) is 5.70. The van der Waals surface area contributed by atoms with Gasteiger partial charge in [-0.15, -0.1) is 0 Å². The monoisotopic (exact) mass is 473 g/mol. The van der Waals surface area contributed by atoms with E-state index < -0.39 is 5.91 Å². The Labute approximate surface area is 203 Å². The summed E-state index contributed by atoms with van der Waals surface area (Å²) in [6.45, 7) is 12.4. The van der Waals surface area contributed by atoms with E-state index in [0.29, 0.717) is 29.2 Å². The molecule has 0 spiro atoms. The van der Waals surface area contributed by atoms with Crippen molar-refractivity contribution in [3.05, 3.63) is 35.7 Å². The van der Waals surface area contributed by atoms with Gasteiger partial charge in [0.2, 0.25) is 5.91 Å². The number of benzene rings is 1. The number of carbonyl (C=O) groups is 1. The second-order valence-electron chi connectivity index (χ2n) is 10.2. The number of likely N-dealkylation sites (tertiary alicyclic amines) is 1. The molecule has 0 radical (unpaired) electrons. The van der Waals surface area contributed by atoms with Crippen LogP contribution in [-0.4, -0.2) is 64.7 Å². The van der Waals surface area contributed by atoms with Crippen LogP contribution >= 0.6 is 0 Å². The van der Waals surface area contributed by atoms with Crippen molar-refractivity contribution in [2.24, 2.45) is 23.5 Å². The number of primary amides is 1. The number of hydrogen-bond acceptors (Lipinski definition) is 6. The van der Waals surface area contributed by atoms with Crippen LogP contribution in [0.2, 0.25) is 0 Å². The molecule has 1 amide bonds. The molecule has 1 aromatic carbocycles. The molecule has 1 saturated heterocycles. The molecule has 2 unspecified atom stereocenters. The van der Waals surface area contributed by atoms with Crippen LogP contribution in [-0.2, 0) is 13.1 Å². The summed E-state index contributed by atoms with van der Waals surface area (Å²) in [5, 5.41) is 17.6. The predicted molar refractivity (Wildman–Crippen MR) is 132 cm³/mol. The van der Waals surface area contributed by atoms with Crippen molar-refractivity contribution in [1.29, 1.82) is 0 Å². The Kier molecular flexibility index (Phi) is 5.03. The second kappa shape index (κ2) is 8.01. The highest BCUT2D eigenvalue weighted by Crippen LogP contribution is 2.53. The predicted octanol–water partition coefficient (Wildman–Crippen LogP) is 2.70. The fourth-order valence-corrected chi connectivity index (χ4v) is 5.70. The Morgan fingerprint density at radius 2 is 1.97 bits per heavy atom. The first-order chi connectivity index (χ1) is 16.8. The quantitative estimate of drug-likeness (QED) is 0.425. The minimum Gasteiger partial charge on any atom is -0.366 e. The van der Waals surface area contributed by atoms with Gasteiger partial charge in [0.15, 0.2) is 11.6 Å². The number of nitrogens with two attached hydrogens (primary N) is 1. The fraction of sp³-hybridized carbons (Fsp3) is 0.480. The van der Waals surface area contributed by atoms with Gasteiger partial charge in [0.1, 0.15) is 5.69 Å². The van der Waals surface area contributed by atoms with E-state index in [1.165, 1.54) is 0 Å². The third kappa shape index (κ3) is 3.63. The first kappa shape index (κ1) is 22.0. The summed E-state index contributed by atoms with van der Waals surface area (Å²) < 4.78 is 3.91. The van der Waals surface area contributed by atoms with Gasteiger partial charge in [0, 0.05) is 48.7 Å². The van der Waals surface area contributed by atoms with Gasteiger partial charge >= 0.3 is 0 Å². The lowest BCUT2D eigenvalue weighted by molar-refractivity contribution is 0.100. The van der Waals surface area contributed by atoms with E-state index in [1.54, 1.807) is 6.07 Å². The highest BCUT2D eigenvalue weighted by Gasteiger charge is 2.55. The van der Waals surface area contributed by atoms with Gasteiger partial charge < -0.3 is 10.6 Å². The Bertz CT molecular complexity index is 1420. The molecule has 3 atom stereocenters. The van der Waals surface area contributed by atoms with Gasteiger partial charge in [-0.1, -0.05) is 0 Å². The van der Waals surface area contributed by atoms with Crippen molar-refractivity contribution in [2.45, 2.75) is 46.8 Å². The standard InChI is InChI=1S/C25H31N9O/c1-5-33-22(6-14(4)31-33)25-28-24(29-30-25)16-7-15(23(26)35)8-21-17(16)9-27-34(21)12-20-18-10-32(13(2)3)11-19(18)20/h6-9,13,18-20H,5,10-12H2,1-4H3,(H2,26,35)(H,28,29,30)/t18-,19?,20?/m0/s1. The van der Waals surface area contributed by atoms with Crippen LogP contribution in [0.1, 0.15) is 36.8 Å².